The van der Waals surface area contributed by atoms with Gasteiger partial charge in [-0.25, -0.2) is 0 Å². The van der Waals surface area contributed by atoms with Gasteiger partial charge in [-0.15, -0.1) is 0 Å². The molecule has 0 aromatic heterocycles. The Hall–Kier alpha value is -2.49. The number of nitro groups is 1. The lowest BCUT2D eigenvalue weighted by Crippen LogP contribution is -1.93. The molecule has 0 saturated carbocycles. The molecule has 0 heterocycles. The summed E-state index contributed by atoms with van der Waals surface area (Å²) in [6, 6.07) is 13.3. The highest BCUT2D eigenvalue weighted by Gasteiger charge is 2.15. The van der Waals surface area contributed by atoms with E-state index in [2.05, 4.69) is 0 Å². The van der Waals surface area contributed by atoms with Crippen LogP contribution >= 0.6 is 0 Å². The van der Waals surface area contributed by atoms with E-state index in [4.69, 9.17) is 0 Å². The molecule has 0 aliphatic carbocycles. The standard InChI is InChI=1S/C13H9NO3/c15-9-10-6-7-13(14(16)17)12(8-10)11-4-2-1-3-5-11/h1-9H. The van der Waals surface area contributed by atoms with Crippen molar-refractivity contribution in [3.05, 3.63) is 64.2 Å². The minimum Gasteiger partial charge on any atom is -0.298 e. The summed E-state index contributed by atoms with van der Waals surface area (Å²) in [5, 5.41) is 10.9. The third-order valence-electron chi connectivity index (χ3n) is 2.44. The van der Waals surface area contributed by atoms with Crippen LogP contribution in [0.5, 0.6) is 0 Å². The Labute approximate surface area is 97.7 Å². The van der Waals surface area contributed by atoms with Gasteiger partial charge >= 0.3 is 0 Å². The highest BCUT2D eigenvalue weighted by atomic mass is 16.6. The zero-order chi connectivity index (χ0) is 12.3. The monoisotopic (exact) mass is 227 g/mol. The van der Waals surface area contributed by atoms with Crippen LogP contribution in [0.25, 0.3) is 11.1 Å². The summed E-state index contributed by atoms with van der Waals surface area (Å²) in [7, 11) is 0. The summed E-state index contributed by atoms with van der Waals surface area (Å²) >= 11 is 0. The van der Waals surface area contributed by atoms with Crippen molar-refractivity contribution in [1.29, 1.82) is 0 Å². The zero-order valence-corrected chi connectivity index (χ0v) is 8.87. The van der Waals surface area contributed by atoms with Crippen LogP contribution in [0.2, 0.25) is 0 Å². The van der Waals surface area contributed by atoms with Gasteiger partial charge in [0, 0.05) is 11.6 Å². The molecule has 0 amide bonds. The van der Waals surface area contributed by atoms with Crippen molar-refractivity contribution in [3.63, 3.8) is 0 Å². The van der Waals surface area contributed by atoms with Crippen molar-refractivity contribution >= 4 is 12.0 Å². The van der Waals surface area contributed by atoms with Crippen molar-refractivity contribution in [2.45, 2.75) is 0 Å². The predicted octanol–water partition coefficient (Wildman–Crippen LogP) is 3.07. The molecular weight excluding hydrogens is 218 g/mol. The molecule has 0 spiro atoms. The van der Waals surface area contributed by atoms with Gasteiger partial charge in [0.25, 0.3) is 5.69 Å². The Morgan fingerprint density at radius 1 is 1.06 bits per heavy atom. The summed E-state index contributed by atoms with van der Waals surface area (Å²) in [5.74, 6) is 0. The van der Waals surface area contributed by atoms with Gasteiger partial charge in [0.05, 0.1) is 10.5 Å². The molecule has 2 aromatic carbocycles. The molecule has 0 bridgehead atoms. The molecule has 0 atom stereocenters. The molecule has 0 fully saturated rings. The average Bonchev–Trinajstić information content (AvgIpc) is 2.39. The van der Waals surface area contributed by atoms with Crippen molar-refractivity contribution in [3.8, 4) is 11.1 Å². The summed E-state index contributed by atoms with van der Waals surface area (Å²) in [6.07, 6.45) is 0.677. The van der Waals surface area contributed by atoms with Crippen LogP contribution in [-0.2, 0) is 0 Å². The maximum Gasteiger partial charge on any atom is 0.277 e. The van der Waals surface area contributed by atoms with E-state index in [1.165, 1.54) is 18.2 Å². The lowest BCUT2D eigenvalue weighted by atomic mass is 10.0. The number of benzene rings is 2. The molecule has 0 saturated heterocycles. The van der Waals surface area contributed by atoms with Gasteiger partial charge in [-0.1, -0.05) is 30.3 Å². The first-order valence-corrected chi connectivity index (χ1v) is 5.01. The van der Waals surface area contributed by atoms with Crippen LogP contribution in [0.3, 0.4) is 0 Å². The third-order valence-corrected chi connectivity index (χ3v) is 2.44. The topological polar surface area (TPSA) is 60.2 Å². The first-order valence-electron chi connectivity index (χ1n) is 5.01. The van der Waals surface area contributed by atoms with Crippen LogP contribution in [0.15, 0.2) is 48.5 Å². The number of aldehydes is 1. The Kier molecular flexibility index (Phi) is 2.96. The van der Waals surface area contributed by atoms with Gasteiger partial charge in [0.15, 0.2) is 0 Å². The number of rotatable bonds is 3. The highest BCUT2D eigenvalue weighted by molar-refractivity contribution is 5.82. The molecule has 0 aliphatic heterocycles. The fourth-order valence-corrected chi connectivity index (χ4v) is 1.64. The van der Waals surface area contributed by atoms with Gasteiger partial charge in [0.1, 0.15) is 6.29 Å². The van der Waals surface area contributed by atoms with Gasteiger partial charge in [-0.2, -0.15) is 0 Å². The highest BCUT2D eigenvalue weighted by Crippen LogP contribution is 2.30. The number of carbonyl (C=O) groups excluding carboxylic acids is 1. The smallest absolute Gasteiger partial charge is 0.277 e. The van der Waals surface area contributed by atoms with Crippen LogP contribution in [0, 0.1) is 10.1 Å². The number of hydrogen-bond donors (Lipinski definition) is 0. The zero-order valence-electron chi connectivity index (χ0n) is 8.87. The van der Waals surface area contributed by atoms with Gasteiger partial charge in [-0.3, -0.25) is 14.9 Å². The predicted molar refractivity (Wildman–Crippen MR) is 63.9 cm³/mol. The summed E-state index contributed by atoms with van der Waals surface area (Å²) in [5.41, 5.74) is 1.61. The van der Waals surface area contributed by atoms with Crippen LogP contribution in [-0.4, -0.2) is 11.2 Å². The van der Waals surface area contributed by atoms with E-state index in [9.17, 15) is 14.9 Å². The largest absolute Gasteiger partial charge is 0.298 e. The quantitative estimate of drug-likeness (QED) is 0.460. The lowest BCUT2D eigenvalue weighted by molar-refractivity contribution is -0.384. The summed E-state index contributed by atoms with van der Waals surface area (Å²) in [4.78, 5) is 21.2. The second kappa shape index (κ2) is 4.57. The summed E-state index contributed by atoms with van der Waals surface area (Å²) < 4.78 is 0. The van der Waals surface area contributed by atoms with Gasteiger partial charge in [-0.05, 0) is 17.7 Å². The molecule has 0 N–H and O–H groups in total. The van der Waals surface area contributed by atoms with E-state index in [-0.39, 0.29) is 5.69 Å². The molecule has 2 aromatic rings. The van der Waals surface area contributed by atoms with E-state index < -0.39 is 4.92 Å². The number of nitrogens with zero attached hydrogens (tertiary/aromatic N) is 1. The van der Waals surface area contributed by atoms with E-state index in [0.29, 0.717) is 17.4 Å². The summed E-state index contributed by atoms with van der Waals surface area (Å²) in [6.45, 7) is 0. The minimum absolute atomic E-state index is 0.00167. The molecular formula is C13H9NO3. The first kappa shape index (κ1) is 11.0. The second-order valence-corrected chi connectivity index (χ2v) is 3.52. The molecule has 4 nitrogen and oxygen atoms in total. The van der Waals surface area contributed by atoms with Crippen molar-refractivity contribution < 1.29 is 9.72 Å². The lowest BCUT2D eigenvalue weighted by Gasteiger charge is -2.03. The Bertz CT molecular complexity index is 564. The fourth-order valence-electron chi connectivity index (χ4n) is 1.64. The molecule has 0 unspecified atom stereocenters. The van der Waals surface area contributed by atoms with Crippen molar-refractivity contribution in [2.75, 3.05) is 0 Å². The van der Waals surface area contributed by atoms with Crippen LogP contribution < -0.4 is 0 Å². The van der Waals surface area contributed by atoms with Crippen molar-refractivity contribution in [2.24, 2.45) is 0 Å². The molecule has 0 aliphatic rings. The molecule has 84 valence electrons. The Morgan fingerprint density at radius 3 is 2.35 bits per heavy atom. The first-order chi connectivity index (χ1) is 8.22. The van der Waals surface area contributed by atoms with E-state index in [1.807, 2.05) is 6.07 Å². The Balaban J connectivity index is 2.65. The molecule has 4 heteroatoms. The fraction of sp³-hybridized carbons (Fsp3) is 0. The number of hydrogen-bond acceptors (Lipinski definition) is 3. The number of carbonyl (C=O) groups is 1. The average molecular weight is 227 g/mol. The van der Waals surface area contributed by atoms with Gasteiger partial charge < -0.3 is 0 Å². The minimum atomic E-state index is -0.448. The van der Waals surface area contributed by atoms with Crippen LogP contribution in [0.4, 0.5) is 5.69 Å². The maximum atomic E-state index is 10.9. The van der Waals surface area contributed by atoms with Crippen LogP contribution in [0.1, 0.15) is 10.4 Å². The third kappa shape index (κ3) is 2.20. The number of nitro benzene ring substituents is 1. The van der Waals surface area contributed by atoms with E-state index in [1.54, 1.807) is 24.3 Å². The van der Waals surface area contributed by atoms with E-state index in [0.717, 1.165) is 5.56 Å². The van der Waals surface area contributed by atoms with E-state index >= 15 is 0 Å². The maximum absolute atomic E-state index is 10.9. The normalized spacial score (nSPS) is 9.88. The molecule has 17 heavy (non-hydrogen) atoms. The SMILES string of the molecule is O=Cc1ccc([N+](=O)[O-])c(-c2ccccc2)c1. The molecule has 0 radical (unpaired) electrons. The molecule has 2 rings (SSSR count). The van der Waals surface area contributed by atoms with Crippen molar-refractivity contribution in [1.82, 2.24) is 0 Å². The van der Waals surface area contributed by atoms with Gasteiger partial charge in [0.2, 0.25) is 0 Å². The second-order valence-electron chi connectivity index (χ2n) is 3.52. The Morgan fingerprint density at radius 2 is 1.76 bits per heavy atom.